The molecule has 3 aromatic rings. The van der Waals surface area contributed by atoms with Crippen molar-refractivity contribution in [3.63, 3.8) is 0 Å². The van der Waals surface area contributed by atoms with Gasteiger partial charge in [-0.2, -0.15) is 0 Å². The number of carbonyl (C=O) groups is 3. The van der Waals surface area contributed by atoms with E-state index in [0.717, 1.165) is 21.8 Å². The van der Waals surface area contributed by atoms with E-state index in [0.29, 0.717) is 34.1 Å². The van der Waals surface area contributed by atoms with Crippen molar-refractivity contribution in [3.8, 4) is 28.4 Å². The Balaban J connectivity index is 1.81. The predicted molar refractivity (Wildman–Crippen MR) is 126 cm³/mol. The van der Waals surface area contributed by atoms with Crippen LogP contribution in [0, 0.1) is 0 Å². The van der Waals surface area contributed by atoms with Crippen molar-refractivity contribution in [1.82, 2.24) is 0 Å². The standard InChI is InChI=1S/C24H22N2O7S/c1-31-14-6-3-12(4-7-14)20-21-22(34-23(20)24(29)30)15(10-19(28)26-21)13-5-8-16(17(9-13)32-2)33-11-18(25)27/h3-9,15H,10-11H2,1-2H3,(H2,25,27)(H,26,28)(H,29,30). The Labute approximate surface area is 199 Å². The van der Waals surface area contributed by atoms with E-state index in [2.05, 4.69) is 5.32 Å². The van der Waals surface area contributed by atoms with Gasteiger partial charge in [0.25, 0.3) is 5.91 Å². The number of ether oxygens (including phenoxy) is 3. The van der Waals surface area contributed by atoms with Gasteiger partial charge in [0, 0.05) is 22.8 Å². The molecular weight excluding hydrogens is 460 g/mol. The fourth-order valence-electron chi connectivity index (χ4n) is 3.91. The summed E-state index contributed by atoms with van der Waals surface area (Å²) < 4.78 is 16.0. The maximum atomic E-state index is 12.7. The van der Waals surface area contributed by atoms with Crippen molar-refractivity contribution in [3.05, 3.63) is 57.8 Å². The highest BCUT2D eigenvalue weighted by Crippen LogP contribution is 2.50. The Hall–Kier alpha value is -4.05. The molecule has 0 fully saturated rings. The monoisotopic (exact) mass is 482 g/mol. The molecule has 4 rings (SSSR count). The minimum Gasteiger partial charge on any atom is -0.497 e. The van der Waals surface area contributed by atoms with Gasteiger partial charge in [-0.05, 0) is 35.4 Å². The van der Waals surface area contributed by atoms with Crippen LogP contribution in [-0.4, -0.2) is 43.7 Å². The molecule has 2 aromatic carbocycles. The minimum atomic E-state index is -1.08. The molecule has 1 aliphatic rings. The van der Waals surface area contributed by atoms with Crippen LogP contribution < -0.4 is 25.3 Å². The Morgan fingerprint density at radius 3 is 2.47 bits per heavy atom. The SMILES string of the molecule is COc1ccc(-c2c(C(=O)O)sc3c2NC(=O)CC3c2ccc(OCC(N)=O)c(OC)c2)cc1. The predicted octanol–water partition coefficient (Wildman–Crippen LogP) is 3.47. The van der Waals surface area contributed by atoms with E-state index in [1.807, 2.05) is 0 Å². The van der Waals surface area contributed by atoms with E-state index in [1.165, 1.54) is 7.11 Å². The van der Waals surface area contributed by atoms with E-state index in [9.17, 15) is 19.5 Å². The molecule has 10 heteroatoms. The zero-order chi connectivity index (χ0) is 24.4. The van der Waals surface area contributed by atoms with Crippen LogP contribution in [0.15, 0.2) is 42.5 Å². The summed E-state index contributed by atoms with van der Waals surface area (Å²) in [5.41, 5.74) is 7.50. The van der Waals surface area contributed by atoms with Gasteiger partial charge in [-0.15, -0.1) is 11.3 Å². The number of benzene rings is 2. The molecule has 9 nitrogen and oxygen atoms in total. The summed E-state index contributed by atoms with van der Waals surface area (Å²) >= 11 is 1.13. The summed E-state index contributed by atoms with van der Waals surface area (Å²) in [6.45, 7) is -0.302. The van der Waals surface area contributed by atoms with Crippen LogP contribution in [-0.2, 0) is 9.59 Å². The number of amides is 2. The molecule has 0 aliphatic carbocycles. The molecule has 1 atom stereocenters. The van der Waals surface area contributed by atoms with Crippen LogP contribution in [0.5, 0.6) is 17.2 Å². The molecule has 0 spiro atoms. The van der Waals surface area contributed by atoms with Crippen molar-refractivity contribution >= 4 is 34.8 Å². The van der Waals surface area contributed by atoms with Crippen LogP contribution in [0.3, 0.4) is 0 Å². The lowest BCUT2D eigenvalue weighted by Gasteiger charge is -2.24. The molecule has 1 aliphatic heterocycles. The Morgan fingerprint density at radius 2 is 1.85 bits per heavy atom. The maximum absolute atomic E-state index is 12.7. The first-order valence-electron chi connectivity index (χ1n) is 10.3. The highest BCUT2D eigenvalue weighted by Gasteiger charge is 2.34. The molecule has 34 heavy (non-hydrogen) atoms. The third kappa shape index (κ3) is 4.40. The first kappa shape index (κ1) is 23.1. The lowest BCUT2D eigenvalue weighted by molar-refractivity contribution is -0.120. The van der Waals surface area contributed by atoms with E-state index in [-0.39, 0.29) is 23.8 Å². The van der Waals surface area contributed by atoms with Gasteiger partial charge < -0.3 is 30.4 Å². The fourth-order valence-corrected chi connectivity index (χ4v) is 5.15. The molecule has 4 N–H and O–H groups in total. The van der Waals surface area contributed by atoms with Crippen LogP contribution >= 0.6 is 11.3 Å². The highest BCUT2D eigenvalue weighted by atomic mass is 32.1. The van der Waals surface area contributed by atoms with E-state index >= 15 is 0 Å². The van der Waals surface area contributed by atoms with Crippen LogP contribution in [0.25, 0.3) is 11.1 Å². The lowest BCUT2D eigenvalue weighted by Crippen LogP contribution is -2.22. The second-order valence-corrected chi connectivity index (χ2v) is 8.60. The summed E-state index contributed by atoms with van der Waals surface area (Å²) in [7, 11) is 3.01. The number of hydrogen-bond acceptors (Lipinski definition) is 7. The van der Waals surface area contributed by atoms with Crippen molar-refractivity contribution in [2.24, 2.45) is 5.73 Å². The van der Waals surface area contributed by atoms with Crippen molar-refractivity contribution in [1.29, 1.82) is 0 Å². The first-order chi connectivity index (χ1) is 16.3. The molecule has 1 unspecified atom stereocenters. The molecule has 0 saturated carbocycles. The average Bonchev–Trinajstić information content (AvgIpc) is 3.21. The van der Waals surface area contributed by atoms with Crippen molar-refractivity contribution in [2.45, 2.75) is 12.3 Å². The van der Waals surface area contributed by atoms with Gasteiger partial charge in [0.15, 0.2) is 18.1 Å². The molecule has 2 heterocycles. The van der Waals surface area contributed by atoms with Gasteiger partial charge >= 0.3 is 5.97 Å². The van der Waals surface area contributed by atoms with Crippen molar-refractivity contribution < 1.29 is 33.7 Å². The average molecular weight is 483 g/mol. The van der Waals surface area contributed by atoms with E-state index < -0.39 is 17.8 Å². The number of anilines is 1. The zero-order valence-corrected chi connectivity index (χ0v) is 19.2. The van der Waals surface area contributed by atoms with Gasteiger partial charge in [-0.1, -0.05) is 18.2 Å². The van der Waals surface area contributed by atoms with Gasteiger partial charge in [0.2, 0.25) is 5.91 Å². The third-order valence-electron chi connectivity index (χ3n) is 5.44. The number of carbonyl (C=O) groups excluding carboxylic acids is 2. The molecule has 0 radical (unpaired) electrons. The summed E-state index contributed by atoms with van der Waals surface area (Å²) in [6, 6.07) is 12.1. The quantitative estimate of drug-likeness (QED) is 0.447. The number of nitrogens with one attached hydrogen (secondary N) is 1. The number of thiophene rings is 1. The topological polar surface area (TPSA) is 137 Å². The number of methoxy groups -OCH3 is 2. The Bertz CT molecular complexity index is 1270. The summed E-state index contributed by atoms with van der Waals surface area (Å²) in [5, 5.41) is 12.8. The largest absolute Gasteiger partial charge is 0.497 e. The van der Waals surface area contributed by atoms with Crippen LogP contribution in [0.1, 0.15) is 32.5 Å². The Morgan fingerprint density at radius 1 is 1.12 bits per heavy atom. The van der Waals surface area contributed by atoms with Crippen LogP contribution in [0.4, 0.5) is 5.69 Å². The molecule has 0 bridgehead atoms. The van der Waals surface area contributed by atoms with E-state index in [1.54, 1.807) is 49.6 Å². The van der Waals surface area contributed by atoms with E-state index in [4.69, 9.17) is 19.9 Å². The molecular formula is C24H22N2O7S. The Kier molecular flexibility index (Phi) is 6.42. The minimum absolute atomic E-state index is 0.135. The van der Waals surface area contributed by atoms with Gasteiger partial charge in [-0.25, -0.2) is 4.79 Å². The molecule has 176 valence electrons. The summed E-state index contributed by atoms with van der Waals surface area (Å²) in [6.07, 6.45) is 0.138. The molecule has 2 amide bonds. The third-order valence-corrected chi connectivity index (χ3v) is 6.73. The second kappa shape index (κ2) is 9.44. The zero-order valence-electron chi connectivity index (χ0n) is 18.4. The smallest absolute Gasteiger partial charge is 0.346 e. The lowest BCUT2D eigenvalue weighted by atomic mass is 9.88. The number of primary amides is 1. The van der Waals surface area contributed by atoms with Crippen LogP contribution in [0.2, 0.25) is 0 Å². The number of carboxylic acids is 1. The first-order valence-corrected chi connectivity index (χ1v) is 11.1. The van der Waals surface area contributed by atoms with Crippen molar-refractivity contribution in [2.75, 3.05) is 26.1 Å². The van der Waals surface area contributed by atoms with Gasteiger partial charge in [0.1, 0.15) is 10.6 Å². The van der Waals surface area contributed by atoms with Gasteiger partial charge in [-0.3, -0.25) is 9.59 Å². The normalized spacial score (nSPS) is 14.6. The molecule has 1 aromatic heterocycles. The number of hydrogen-bond donors (Lipinski definition) is 3. The highest BCUT2D eigenvalue weighted by molar-refractivity contribution is 7.15. The number of aromatic carboxylic acids is 1. The molecule has 0 saturated heterocycles. The summed E-state index contributed by atoms with van der Waals surface area (Å²) in [5.74, 6) is -0.972. The fraction of sp³-hybridized carbons (Fsp3) is 0.208. The van der Waals surface area contributed by atoms with Gasteiger partial charge in [0.05, 0.1) is 19.9 Å². The number of rotatable bonds is 8. The number of carboxylic acid groups (broad SMARTS) is 1. The summed E-state index contributed by atoms with van der Waals surface area (Å²) in [4.78, 5) is 36.7. The maximum Gasteiger partial charge on any atom is 0.346 e. The number of nitrogens with two attached hydrogens (primary N) is 1. The second-order valence-electron chi connectivity index (χ2n) is 7.55. The number of fused-ring (bicyclic) bond motifs is 1.